The van der Waals surface area contributed by atoms with Crippen molar-refractivity contribution < 1.29 is 12.8 Å². The minimum absolute atomic E-state index is 0.145. The fourth-order valence-electron chi connectivity index (χ4n) is 3.20. The van der Waals surface area contributed by atoms with Crippen LogP contribution in [0.1, 0.15) is 44.4 Å². The molecule has 2 aliphatic rings. The number of hydrogen-bond donors (Lipinski definition) is 0. The van der Waals surface area contributed by atoms with E-state index in [4.69, 9.17) is 4.42 Å². The standard InChI is InChI=1S/C14H22N2O3S2/c17-21(18)7-6-12(10-21)8-13-15-16-14(19-13)20-9-11-4-2-1-3-5-11/h11-12H,1-10H2. The molecule has 1 aliphatic carbocycles. The maximum absolute atomic E-state index is 11.4. The molecule has 118 valence electrons. The highest BCUT2D eigenvalue weighted by molar-refractivity contribution is 7.99. The Kier molecular flexibility index (Phi) is 4.88. The highest BCUT2D eigenvalue weighted by atomic mass is 32.2. The van der Waals surface area contributed by atoms with Gasteiger partial charge in [-0.3, -0.25) is 0 Å². The van der Waals surface area contributed by atoms with Gasteiger partial charge in [-0.15, -0.1) is 10.2 Å². The lowest BCUT2D eigenvalue weighted by Crippen LogP contribution is -2.08. The summed E-state index contributed by atoms with van der Waals surface area (Å²) in [6, 6.07) is 0. The van der Waals surface area contributed by atoms with Crippen molar-refractivity contribution in [2.24, 2.45) is 11.8 Å². The average molecular weight is 330 g/mol. The summed E-state index contributed by atoms with van der Waals surface area (Å²) in [6.07, 6.45) is 8.00. The first kappa shape index (κ1) is 15.3. The zero-order valence-electron chi connectivity index (χ0n) is 12.2. The zero-order valence-corrected chi connectivity index (χ0v) is 13.8. The van der Waals surface area contributed by atoms with Crippen molar-refractivity contribution in [2.45, 2.75) is 50.2 Å². The number of sulfone groups is 1. The Hall–Kier alpha value is -0.560. The van der Waals surface area contributed by atoms with Gasteiger partial charge < -0.3 is 4.42 Å². The van der Waals surface area contributed by atoms with E-state index in [2.05, 4.69) is 10.2 Å². The van der Waals surface area contributed by atoms with Crippen LogP contribution in [0.15, 0.2) is 9.64 Å². The van der Waals surface area contributed by atoms with Crippen LogP contribution >= 0.6 is 11.8 Å². The maximum atomic E-state index is 11.4. The predicted molar refractivity (Wildman–Crippen MR) is 82.1 cm³/mol. The van der Waals surface area contributed by atoms with Gasteiger partial charge >= 0.3 is 0 Å². The molecular formula is C14H22N2O3S2. The Morgan fingerprint density at radius 3 is 2.62 bits per heavy atom. The van der Waals surface area contributed by atoms with Gasteiger partial charge in [-0.05, 0) is 31.1 Å². The molecule has 0 aromatic carbocycles. The van der Waals surface area contributed by atoms with Crippen LogP contribution in [0, 0.1) is 11.8 Å². The van der Waals surface area contributed by atoms with Gasteiger partial charge in [-0.25, -0.2) is 8.42 Å². The second kappa shape index (κ2) is 6.69. The van der Waals surface area contributed by atoms with Gasteiger partial charge in [-0.1, -0.05) is 31.0 Å². The molecule has 1 aromatic heterocycles. The van der Waals surface area contributed by atoms with Crippen molar-refractivity contribution in [3.05, 3.63) is 5.89 Å². The number of thioether (sulfide) groups is 1. The van der Waals surface area contributed by atoms with Crippen LogP contribution < -0.4 is 0 Å². The minimum Gasteiger partial charge on any atom is -0.416 e. The van der Waals surface area contributed by atoms with Crippen molar-refractivity contribution in [3.63, 3.8) is 0 Å². The fraction of sp³-hybridized carbons (Fsp3) is 0.857. The molecule has 1 atom stereocenters. The Morgan fingerprint density at radius 1 is 1.10 bits per heavy atom. The Morgan fingerprint density at radius 2 is 1.90 bits per heavy atom. The lowest BCUT2D eigenvalue weighted by atomic mass is 9.91. The normalized spacial score (nSPS) is 26.2. The third kappa shape index (κ3) is 4.45. The summed E-state index contributed by atoms with van der Waals surface area (Å²) in [7, 11) is -2.83. The molecule has 2 heterocycles. The van der Waals surface area contributed by atoms with E-state index in [9.17, 15) is 8.42 Å². The van der Waals surface area contributed by atoms with Gasteiger partial charge in [0.1, 0.15) is 0 Å². The van der Waals surface area contributed by atoms with Crippen molar-refractivity contribution in [2.75, 3.05) is 17.3 Å². The first-order valence-electron chi connectivity index (χ1n) is 7.76. The van der Waals surface area contributed by atoms with Crippen molar-refractivity contribution in [1.82, 2.24) is 10.2 Å². The first-order chi connectivity index (χ1) is 10.1. The van der Waals surface area contributed by atoms with Crippen LogP contribution in [0.4, 0.5) is 0 Å². The van der Waals surface area contributed by atoms with Gasteiger partial charge in [0.15, 0.2) is 9.84 Å². The summed E-state index contributed by atoms with van der Waals surface area (Å²) >= 11 is 1.65. The third-order valence-corrected chi connectivity index (χ3v) is 7.29. The summed E-state index contributed by atoms with van der Waals surface area (Å²) in [5, 5.41) is 8.77. The SMILES string of the molecule is O=S1(=O)CCC(Cc2nnc(SCC3CCCCC3)o2)C1. The smallest absolute Gasteiger partial charge is 0.276 e. The molecule has 1 aliphatic heterocycles. The second-order valence-electron chi connectivity index (χ2n) is 6.25. The van der Waals surface area contributed by atoms with Crippen LogP contribution in [0.2, 0.25) is 0 Å². The van der Waals surface area contributed by atoms with Crippen LogP contribution in [0.3, 0.4) is 0 Å². The predicted octanol–water partition coefficient (Wildman–Crippen LogP) is 2.72. The van der Waals surface area contributed by atoms with E-state index in [-0.39, 0.29) is 11.7 Å². The maximum Gasteiger partial charge on any atom is 0.276 e. The first-order valence-corrected chi connectivity index (χ1v) is 10.6. The van der Waals surface area contributed by atoms with Gasteiger partial charge in [0.25, 0.3) is 5.22 Å². The lowest BCUT2D eigenvalue weighted by molar-refractivity contribution is 0.379. The number of hydrogen-bond acceptors (Lipinski definition) is 6. The monoisotopic (exact) mass is 330 g/mol. The van der Waals surface area contributed by atoms with E-state index >= 15 is 0 Å². The largest absolute Gasteiger partial charge is 0.416 e. The molecule has 1 unspecified atom stereocenters. The van der Waals surface area contributed by atoms with E-state index in [1.807, 2.05) is 0 Å². The van der Waals surface area contributed by atoms with Crippen molar-refractivity contribution in [3.8, 4) is 0 Å². The van der Waals surface area contributed by atoms with Gasteiger partial charge in [0.2, 0.25) is 5.89 Å². The fourth-order valence-corrected chi connectivity index (χ4v) is 6.03. The lowest BCUT2D eigenvalue weighted by Gasteiger charge is -2.19. The molecule has 1 saturated heterocycles. The van der Waals surface area contributed by atoms with E-state index in [1.165, 1.54) is 32.1 Å². The molecule has 7 heteroatoms. The van der Waals surface area contributed by atoms with Crippen LogP contribution in [-0.2, 0) is 16.3 Å². The Balaban J connectivity index is 1.47. The quantitative estimate of drug-likeness (QED) is 0.773. The number of nitrogens with zero attached hydrogens (tertiary/aromatic N) is 2. The Bertz CT molecular complexity index is 565. The molecule has 3 rings (SSSR count). The number of aromatic nitrogens is 2. The zero-order chi connectivity index (χ0) is 14.7. The van der Waals surface area contributed by atoms with E-state index < -0.39 is 9.84 Å². The molecule has 0 radical (unpaired) electrons. The molecule has 0 amide bonds. The van der Waals surface area contributed by atoms with Crippen LogP contribution in [-0.4, -0.2) is 35.9 Å². The van der Waals surface area contributed by atoms with E-state index in [0.717, 1.165) is 18.1 Å². The summed E-state index contributed by atoms with van der Waals surface area (Å²) < 4.78 is 28.5. The third-order valence-electron chi connectivity index (χ3n) is 4.41. The molecule has 1 saturated carbocycles. The molecule has 0 spiro atoms. The van der Waals surface area contributed by atoms with E-state index in [0.29, 0.717) is 23.3 Å². The topological polar surface area (TPSA) is 73.1 Å². The van der Waals surface area contributed by atoms with Crippen molar-refractivity contribution in [1.29, 1.82) is 0 Å². The van der Waals surface area contributed by atoms with Gasteiger partial charge in [0, 0.05) is 12.2 Å². The molecule has 1 aromatic rings. The van der Waals surface area contributed by atoms with Crippen LogP contribution in [0.5, 0.6) is 0 Å². The summed E-state index contributed by atoms with van der Waals surface area (Å²) in [6.45, 7) is 0. The minimum atomic E-state index is -2.83. The molecular weight excluding hydrogens is 308 g/mol. The molecule has 21 heavy (non-hydrogen) atoms. The second-order valence-corrected chi connectivity index (χ2v) is 9.45. The van der Waals surface area contributed by atoms with Gasteiger partial charge in [0.05, 0.1) is 11.5 Å². The average Bonchev–Trinajstić information content (AvgIpc) is 3.04. The van der Waals surface area contributed by atoms with Gasteiger partial charge in [-0.2, -0.15) is 0 Å². The molecule has 0 N–H and O–H groups in total. The summed E-state index contributed by atoms with van der Waals surface area (Å²) in [4.78, 5) is 0. The van der Waals surface area contributed by atoms with Crippen LogP contribution in [0.25, 0.3) is 0 Å². The molecule has 0 bridgehead atoms. The summed E-state index contributed by atoms with van der Waals surface area (Å²) in [5.74, 6) is 3.13. The molecule has 2 fully saturated rings. The highest BCUT2D eigenvalue weighted by Crippen LogP contribution is 2.30. The van der Waals surface area contributed by atoms with E-state index in [1.54, 1.807) is 11.8 Å². The van der Waals surface area contributed by atoms with Crippen molar-refractivity contribution >= 4 is 21.6 Å². The summed E-state index contributed by atoms with van der Waals surface area (Å²) in [5.41, 5.74) is 0. The highest BCUT2D eigenvalue weighted by Gasteiger charge is 2.29. The molecule has 5 nitrogen and oxygen atoms in total. The number of rotatable bonds is 5. The Labute approximate surface area is 130 Å².